The predicted molar refractivity (Wildman–Crippen MR) is 154 cm³/mol. The number of nitrogens with one attached hydrogen (secondary N) is 1. The normalized spacial score (nSPS) is 13.8. The van der Waals surface area contributed by atoms with Crippen molar-refractivity contribution < 1.29 is 19.1 Å². The number of carbonyl (C=O) groups is 2. The number of hydrogen-bond donors (Lipinski definition) is 2. The Morgan fingerprint density at radius 2 is 1.60 bits per heavy atom. The molecule has 0 atom stereocenters. The molecule has 1 saturated heterocycles. The lowest BCUT2D eigenvalue weighted by Crippen LogP contribution is -2.35. The summed E-state index contributed by atoms with van der Waals surface area (Å²) in [6.07, 6.45) is 3.35. The van der Waals surface area contributed by atoms with Gasteiger partial charge in [0.2, 0.25) is 0 Å². The molecule has 40 heavy (non-hydrogen) atoms. The van der Waals surface area contributed by atoms with Crippen molar-refractivity contribution in [1.29, 1.82) is 0 Å². The minimum Gasteiger partial charge on any atom is -0.393 e. The van der Waals surface area contributed by atoms with E-state index in [-0.39, 0.29) is 30.5 Å². The highest BCUT2D eigenvalue weighted by Gasteiger charge is 2.18. The molecule has 0 spiro atoms. The molecule has 1 aromatic heterocycles. The fraction of sp³-hybridized carbons (Fsp3) is 0.281. The quantitative estimate of drug-likeness (QED) is 0.276. The van der Waals surface area contributed by atoms with E-state index in [9.17, 15) is 19.1 Å². The Bertz CT molecular complexity index is 1500. The number of aliphatic hydroxyl groups excluding tert-OH is 1. The van der Waals surface area contributed by atoms with Crippen molar-refractivity contribution >= 4 is 28.6 Å². The van der Waals surface area contributed by atoms with Crippen molar-refractivity contribution in [2.45, 2.75) is 38.7 Å². The first kappa shape index (κ1) is 27.3. The molecule has 8 heteroatoms. The van der Waals surface area contributed by atoms with Gasteiger partial charge in [-0.3, -0.25) is 14.3 Å². The Morgan fingerprint density at radius 1 is 0.950 bits per heavy atom. The maximum absolute atomic E-state index is 14.8. The van der Waals surface area contributed by atoms with Gasteiger partial charge in [0.1, 0.15) is 5.82 Å². The summed E-state index contributed by atoms with van der Waals surface area (Å²) in [6.45, 7) is 3.41. The zero-order valence-electron chi connectivity index (χ0n) is 22.7. The molecule has 7 nitrogen and oxygen atoms in total. The van der Waals surface area contributed by atoms with Crippen LogP contribution in [-0.4, -0.2) is 45.6 Å². The second-order valence-corrected chi connectivity index (χ2v) is 10.4. The Morgan fingerprint density at radius 3 is 2.23 bits per heavy atom. The van der Waals surface area contributed by atoms with Crippen LogP contribution < -0.4 is 10.2 Å². The summed E-state index contributed by atoms with van der Waals surface area (Å²) in [5, 5.41) is 17.0. The van der Waals surface area contributed by atoms with Crippen LogP contribution in [0.1, 0.15) is 50.4 Å². The van der Waals surface area contributed by atoms with E-state index in [0.717, 1.165) is 37.2 Å². The highest BCUT2D eigenvalue weighted by Crippen LogP contribution is 2.24. The van der Waals surface area contributed by atoms with Gasteiger partial charge in [-0.15, -0.1) is 0 Å². The van der Waals surface area contributed by atoms with E-state index < -0.39 is 5.82 Å². The molecule has 0 saturated carbocycles. The van der Waals surface area contributed by atoms with Crippen molar-refractivity contribution in [3.8, 4) is 0 Å². The number of aromatic nitrogens is 2. The van der Waals surface area contributed by atoms with Gasteiger partial charge in [0, 0.05) is 56.1 Å². The van der Waals surface area contributed by atoms with E-state index in [2.05, 4.69) is 15.3 Å². The lowest BCUT2D eigenvalue weighted by molar-refractivity contribution is 0.0984. The molecule has 1 fully saturated rings. The van der Waals surface area contributed by atoms with E-state index in [0.29, 0.717) is 33.8 Å². The van der Waals surface area contributed by atoms with Crippen molar-refractivity contribution in [1.82, 2.24) is 9.78 Å². The standard InChI is InChI=1S/C32H33FN4O3/c1-21-28(20-36(2)35-21)32(40)19-23-5-12-30(29(33)17-23)34-25-8-3-22(4-9-25)18-31(39)24-6-10-26(11-7-24)37-15-13-27(38)14-16-37/h3-12,17,20,27,34,38H,13-16,18-19H2,1-2H3. The largest absolute Gasteiger partial charge is 0.393 e. The topological polar surface area (TPSA) is 87.5 Å². The summed E-state index contributed by atoms with van der Waals surface area (Å²) in [5.41, 5.74) is 5.38. The molecule has 5 rings (SSSR count). The Kier molecular flexibility index (Phi) is 8.07. The fourth-order valence-electron chi connectivity index (χ4n) is 5.06. The number of Topliss-reactive ketones (excluding diaryl/α,β-unsaturated/α-hetero) is 2. The van der Waals surface area contributed by atoms with Crippen LogP contribution >= 0.6 is 0 Å². The molecule has 2 N–H and O–H groups in total. The molecule has 0 amide bonds. The molecule has 1 aliphatic heterocycles. The van der Waals surface area contributed by atoms with Gasteiger partial charge in [-0.25, -0.2) is 4.39 Å². The second kappa shape index (κ2) is 11.8. The van der Waals surface area contributed by atoms with Crippen LogP contribution in [0.5, 0.6) is 0 Å². The molecule has 0 unspecified atom stereocenters. The summed E-state index contributed by atoms with van der Waals surface area (Å²) in [7, 11) is 1.76. The predicted octanol–water partition coefficient (Wildman–Crippen LogP) is 5.42. The van der Waals surface area contributed by atoms with Crippen LogP contribution in [0.15, 0.2) is 72.9 Å². The van der Waals surface area contributed by atoms with Gasteiger partial charge in [-0.05, 0) is 79.4 Å². The van der Waals surface area contributed by atoms with Gasteiger partial charge in [0.25, 0.3) is 0 Å². The number of ketones is 2. The first-order valence-electron chi connectivity index (χ1n) is 13.5. The average molecular weight is 541 g/mol. The van der Waals surface area contributed by atoms with Crippen molar-refractivity contribution in [2.24, 2.45) is 7.05 Å². The molecular formula is C32H33FN4O3. The minimum absolute atomic E-state index is 0.0268. The van der Waals surface area contributed by atoms with E-state index in [4.69, 9.17) is 0 Å². The summed E-state index contributed by atoms with van der Waals surface area (Å²) >= 11 is 0. The summed E-state index contributed by atoms with van der Waals surface area (Å²) < 4.78 is 16.4. The van der Waals surface area contributed by atoms with E-state index in [1.807, 2.05) is 48.5 Å². The Labute approximate surface area is 233 Å². The maximum atomic E-state index is 14.8. The third-order valence-electron chi connectivity index (χ3n) is 7.33. The average Bonchev–Trinajstić information content (AvgIpc) is 3.29. The van der Waals surface area contributed by atoms with Crippen LogP contribution in [0.3, 0.4) is 0 Å². The number of hydrogen-bond acceptors (Lipinski definition) is 6. The molecule has 206 valence electrons. The summed E-state index contributed by atoms with van der Waals surface area (Å²) in [6, 6.07) is 19.7. The van der Waals surface area contributed by atoms with E-state index in [1.54, 1.807) is 37.0 Å². The number of rotatable bonds is 9. The molecule has 0 aliphatic carbocycles. The number of piperidine rings is 1. The zero-order chi connectivity index (χ0) is 28.2. The zero-order valence-corrected chi connectivity index (χ0v) is 22.7. The van der Waals surface area contributed by atoms with E-state index in [1.165, 1.54) is 6.07 Å². The Balaban J connectivity index is 1.16. The van der Waals surface area contributed by atoms with Crippen LogP contribution in [0, 0.1) is 12.7 Å². The fourth-order valence-corrected chi connectivity index (χ4v) is 5.06. The number of aliphatic hydroxyl groups is 1. The number of aryl methyl sites for hydroxylation is 2. The monoisotopic (exact) mass is 540 g/mol. The number of halogens is 1. The molecular weight excluding hydrogens is 507 g/mol. The van der Waals surface area contributed by atoms with Gasteiger partial charge < -0.3 is 15.3 Å². The van der Waals surface area contributed by atoms with Crippen LogP contribution in [0.2, 0.25) is 0 Å². The molecule has 0 radical (unpaired) electrons. The third-order valence-corrected chi connectivity index (χ3v) is 7.33. The number of nitrogens with zero attached hydrogens (tertiary/aromatic N) is 3. The van der Waals surface area contributed by atoms with E-state index >= 15 is 0 Å². The van der Waals surface area contributed by atoms with Gasteiger partial charge in [0.15, 0.2) is 11.6 Å². The van der Waals surface area contributed by atoms with Gasteiger partial charge in [0.05, 0.1) is 23.0 Å². The number of benzene rings is 3. The highest BCUT2D eigenvalue weighted by atomic mass is 19.1. The molecule has 4 aromatic rings. The smallest absolute Gasteiger partial charge is 0.170 e. The SMILES string of the molecule is Cc1nn(C)cc1C(=O)Cc1ccc(Nc2ccc(CC(=O)c3ccc(N4CCC(O)CC4)cc3)cc2)c(F)c1. The van der Waals surface area contributed by atoms with Crippen molar-refractivity contribution in [3.63, 3.8) is 0 Å². The van der Waals surface area contributed by atoms with Gasteiger partial charge in [-0.2, -0.15) is 5.10 Å². The highest BCUT2D eigenvalue weighted by molar-refractivity contribution is 5.98. The second-order valence-electron chi connectivity index (χ2n) is 10.4. The molecule has 1 aliphatic rings. The van der Waals surface area contributed by atoms with Crippen molar-refractivity contribution in [3.05, 3.63) is 107 Å². The summed E-state index contributed by atoms with van der Waals surface area (Å²) in [4.78, 5) is 27.7. The first-order valence-corrected chi connectivity index (χ1v) is 13.5. The number of carbonyl (C=O) groups excluding carboxylic acids is 2. The minimum atomic E-state index is -0.448. The maximum Gasteiger partial charge on any atom is 0.170 e. The van der Waals surface area contributed by atoms with Gasteiger partial charge in [-0.1, -0.05) is 18.2 Å². The lowest BCUT2D eigenvalue weighted by Gasteiger charge is -2.31. The Hall–Kier alpha value is -4.30. The van der Waals surface area contributed by atoms with Crippen LogP contribution in [0.25, 0.3) is 0 Å². The van der Waals surface area contributed by atoms with Crippen LogP contribution in [-0.2, 0) is 19.9 Å². The third kappa shape index (κ3) is 6.46. The van der Waals surface area contributed by atoms with Gasteiger partial charge >= 0.3 is 0 Å². The molecule has 0 bridgehead atoms. The van der Waals surface area contributed by atoms with Crippen LogP contribution in [0.4, 0.5) is 21.5 Å². The molecule has 2 heterocycles. The van der Waals surface area contributed by atoms with Crippen molar-refractivity contribution in [2.75, 3.05) is 23.3 Å². The number of anilines is 3. The molecule has 3 aromatic carbocycles. The summed E-state index contributed by atoms with van der Waals surface area (Å²) in [5.74, 6) is -0.523. The first-order chi connectivity index (χ1) is 19.2. The lowest BCUT2D eigenvalue weighted by atomic mass is 10.0.